The molecule has 0 fully saturated rings. The van der Waals surface area contributed by atoms with Crippen LogP contribution in [-0.4, -0.2) is 0 Å². The fourth-order valence-corrected chi connectivity index (χ4v) is 1.51. The van der Waals surface area contributed by atoms with E-state index in [0.29, 0.717) is 0 Å². The van der Waals surface area contributed by atoms with Crippen LogP contribution in [-0.2, 0) is 0 Å². The number of unbranched alkanes of at least 4 members (excludes halogenated alkanes) is 7. The fourth-order valence-electron chi connectivity index (χ4n) is 1.51. The summed E-state index contributed by atoms with van der Waals surface area (Å²) < 4.78 is 0. The first-order chi connectivity index (χ1) is 6.91. The van der Waals surface area contributed by atoms with Gasteiger partial charge in [0.1, 0.15) is 0 Å². The molecule has 0 aromatic rings. The summed E-state index contributed by atoms with van der Waals surface area (Å²) >= 11 is 0. The Bertz CT molecular complexity index is 142. The van der Waals surface area contributed by atoms with E-state index in [1.807, 2.05) is 0 Å². The second-order valence-corrected chi connectivity index (χ2v) is 3.86. The molecule has 0 aliphatic carbocycles. The van der Waals surface area contributed by atoms with Crippen LogP contribution in [0.15, 0.2) is 24.3 Å². The number of hydrogen-bond donors (Lipinski definition) is 0. The predicted octanol–water partition coefficient (Wildman–Crippen LogP) is 5.26. The first-order valence-corrected chi connectivity index (χ1v) is 6.19. The normalized spacial score (nSPS) is 11.9. The van der Waals surface area contributed by atoms with Crippen LogP contribution in [0, 0.1) is 0 Å². The summed E-state index contributed by atoms with van der Waals surface area (Å²) in [5.74, 6) is 0. The highest BCUT2D eigenvalue weighted by Crippen LogP contribution is 2.08. The van der Waals surface area contributed by atoms with Crippen LogP contribution in [0.1, 0.15) is 65.2 Å². The van der Waals surface area contributed by atoms with Crippen LogP contribution < -0.4 is 0 Å². The summed E-state index contributed by atoms with van der Waals surface area (Å²) in [6, 6.07) is 0. The third-order valence-corrected chi connectivity index (χ3v) is 2.41. The maximum atomic E-state index is 2.27. The zero-order valence-corrected chi connectivity index (χ0v) is 9.97. The molecule has 0 saturated carbocycles. The van der Waals surface area contributed by atoms with Crippen LogP contribution in [0.2, 0.25) is 0 Å². The molecule has 0 spiro atoms. The van der Waals surface area contributed by atoms with Crippen LogP contribution in [0.4, 0.5) is 0 Å². The lowest BCUT2D eigenvalue weighted by Gasteiger charge is -1.98. The van der Waals surface area contributed by atoms with Crippen molar-refractivity contribution in [2.75, 3.05) is 0 Å². The average Bonchev–Trinajstić information content (AvgIpc) is 2.21. The summed E-state index contributed by atoms with van der Waals surface area (Å²) in [6.07, 6.45) is 19.7. The zero-order chi connectivity index (χ0) is 10.5. The third kappa shape index (κ3) is 11.5. The molecular weight excluding hydrogens is 168 g/mol. The molecule has 0 saturated heterocycles. The summed E-state index contributed by atoms with van der Waals surface area (Å²) in [5.41, 5.74) is 0. The molecule has 0 aliphatic heterocycles. The summed E-state index contributed by atoms with van der Waals surface area (Å²) in [5, 5.41) is 0. The molecule has 0 atom stereocenters. The second kappa shape index (κ2) is 12.5. The van der Waals surface area contributed by atoms with Gasteiger partial charge in [-0.05, 0) is 19.8 Å². The van der Waals surface area contributed by atoms with Crippen molar-refractivity contribution in [2.45, 2.75) is 65.2 Å². The Morgan fingerprint density at radius 3 is 2.07 bits per heavy atom. The van der Waals surface area contributed by atoms with Gasteiger partial charge in [0.2, 0.25) is 0 Å². The molecule has 0 bridgehead atoms. The Morgan fingerprint density at radius 2 is 1.43 bits per heavy atom. The zero-order valence-electron chi connectivity index (χ0n) is 9.97. The largest absolute Gasteiger partial charge is 0.0877 e. The quantitative estimate of drug-likeness (QED) is 0.347. The Balaban J connectivity index is 2.98. The lowest BCUT2D eigenvalue weighted by Crippen LogP contribution is -1.78. The van der Waals surface area contributed by atoms with Gasteiger partial charge < -0.3 is 0 Å². The molecule has 0 aliphatic rings. The molecule has 0 nitrogen and oxygen atoms in total. The van der Waals surface area contributed by atoms with Crippen molar-refractivity contribution >= 4 is 0 Å². The van der Waals surface area contributed by atoms with Crippen molar-refractivity contribution in [2.24, 2.45) is 0 Å². The Hall–Kier alpha value is -0.520. The van der Waals surface area contributed by atoms with Crippen molar-refractivity contribution < 1.29 is 0 Å². The van der Waals surface area contributed by atoms with Gasteiger partial charge in [0.15, 0.2) is 0 Å². The van der Waals surface area contributed by atoms with E-state index in [4.69, 9.17) is 0 Å². The van der Waals surface area contributed by atoms with Crippen LogP contribution >= 0.6 is 0 Å². The molecule has 0 aromatic heterocycles. The first kappa shape index (κ1) is 13.5. The summed E-state index contributed by atoms with van der Waals surface area (Å²) in [7, 11) is 0. The molecule has 0 heteroatoms. The second-order valence-electron chi connectivity index (χ2n) is 3.86. The van der Waals surface area contributed by atoms with Gasteiger partial charge in [-0.25, -0.2) is 0 Å². The van der Waals surface area contributed by atoms with Crippen molar-refractivity contribution in [3.63, 3.8) is 0 Å². The van der Waals surface area contributed by atoms with E-state index in [-0.39, 0.29) is 0 Å². The molecule has 82 valence electrons. The topological polar surface area (TPSA) is 0 Å². The van der Waals surface area contributed by atoms with E-state index in [1.54, 1.807) is 0 Å². The van der Waals surface area contributed by atoms with Gasteiger partial charge in [0.25, 0.3) is 0 Å². The monoisotopic (exact) mass is 194 g/mol. The number of rotatable bonds is 9. The van der Waals surface area contributed by atoms with E-state index in [0.717, 1.165) is 0 Å². The van der Waals surface area contributed by atoms with Gasteiger partial charge in [0.05, 0.1) is 0 Å². The first-order valence-electron chi connectivity index (χ1n) is 6.19. The smallest absolute Gasteiger partial charge is 0.0348 e. The average molecular weight is 194 g/mol. The lowest BCUT2D eigenvalue weighted by atomic mass is 10.1. The minimum Gasteiger partial charge on any atom is -0.0877 e. The van der Waals surface area contributed by atoms with Crippen molar-refractivity contribution in [1.29, 1.82) is 0 Å². The maximum absolute atomic E-state index is 2.27. The van der Waals surface area contributed by atoms with E-state index in [1.165, 1.54) is 51.4 Å². The van der Waals surface area contributed by atoms with Gasteiger partial charge in [-0.1, -0.05) is 69.8 Å². The lowest BCUT2D eigenvalue weighted by molar-refractivity contribution is 0.592. The molecule has 0 radical (unpaired) electrons. The minimum absolute atomic E-state index is 1.25. The number of hydrogen-bond acceptors (Lipinski definition) is 0. The van der Waals surface area contributed by atoms with E-state index < -0.39 is 0 Å². The molecule has 0 aromatic carbocycles. The van der Waals surface area contributed by atoms with Crippen LogP contribution in [0.3, 0.4) is 0 Å². The minimum atomic E-state index is 1.25. The van der Waals surface area contributed by atoms with Crippen molar-refractivity contribution in [1.82, 2.24) is 0 Å². The Labute approximate surface area is 90.1 Å². The standard InChI is InChI=1S/C14H26/c1-3-5-7-9-11-13-14-12-10-8-6-4-2/h3,5,7,9H,4,6,8,10-14H2,1-2H3/b5-3?,9-7+. The van der Waals surface area contributed by atoms with Crippen LogP contribution in [0.5, 0.6) is 0 Å². The van der Waals surface area contributed by atoms with Gasteiger partial charge >= 0.3 is 0 Å². The van der Waals surface area contributed by atoms with Gasteiger partial charge in [-0.3, -0.25) is 0 Å². The van der Waals surface area contributed by atoms with Crippen LogP contribution in [0.25, 0.3) is 0 Å². The predicted molar refractivity (Wildman–Crippen MR) is 66.6 cm³/mol. The summed E-state index contributed by atoms with van der Waals surface area (Å²) in [4.78, 5) is 0. The summed E-state index contributed by atoms with van der Waals surface area (Å²) in [6.45, 7) is 4.32. The highest BCUT2D eigenvalue weighted by molar-refractivity contribution is 5.00. The van der Waals surface area contributed by atoms with E-state index in [2.05, 4.69) is 38.2 Å². The van der Waals surface area contributed by atoms with E-state index in [9.17, 15) is 0 Å². The maximum Gasteiger partial charge on any atom is -0.0348 e. The third-order valence-electron chi connectivity index (χ3n) is 2.41. The molecule has 0 heterocycles. The SMILES string of the molecule is CC=C/C=C/CCCCCCCCC. The van der Waals surface area contributed by atoms with Gasteiger partial charge in [0, 0.05) is 0 Å². The molecule has 0 N–H and O–H groups in total. The molecule has 0 amide bonds. The number of allylic oxidation sites excluding steroid dienone is 4. The molecule has 0 rings (SSSR count). The van der Waals surface area contributed by atoms with Crippen molar-refractivity contribution in [3.05, 3.63) is 24.3 Å². The molecular formula is C14H26. The highest BCUT2D eigenvalue weighted by atomic mass is 13.9. The Kier molecular flexibility index (Phi) is 12.0. The molecule has 14 heavy (non-hydrogen) atoms. The highest BCUT2D eigenvalue weighted by Gasteiger charge is 1.88. The van der Waals surface area contributed by atoms with E-state index >= 15 is 0 Å². The van der Waals surface area contributed by atoms with Gasteiger partial charge in [-0.2, -0.15) is 0 Å². The van der Waals surface area contributed by atoms with Crippen molar-refractivity contribution in [3.8, 4) is 0 Å². The Morgan fingerprint density at radius 1 is 0.786 bits per heavy atom. The van der Waals surface area contributed by atoms with Gasteiger partial charge in [-0.15, -0.1) is 0 Å². The fraction of sp³-hybridized carbons (Fsp3) is 0.714. The molecule has 0 unspecified atom stereocenters.